The maximum Gasteiger partial charge on any atom is 0.225 e. The number of nitrogens with zero attached hydrogens (tertiary/aromatic N) is 3. The number of anilines is 1. The van der Waals surface area contributed by atoms with Crippen molar-refractivity contribution in [2.24, 2.45) is 0 Å². The van der Waals surface area contributed by atoms with E-state index in [1.54, 1.807) is 0 Å². The Morgan fingerprint density at radius 3 is 2.76 bits per heavy atom. The molecule has 0 aliphatic rings. The van der Waals surface area contributed by atoms with E-state index >= 15 is 0 Å². The fraction of sp³-hybridized carbons (Fsp3) is 0.133. The highest BCUT2D eigenvalue weighted by atomic mass is 32.2. The van der Waals surface area contributed by atoms with Gasteiger partial charge in [0.15, 0.2) is 10.8 Å². The Labute approximate surface area is 126 Å². The van der Waals surface area contributed by atoms with Gasteiger partial charge in [0.2, 0.25) is 5.91 Å². The summed E-state index contributed by atoms with van der Waals surface area (Å²) >= 11 is 1.52. The second kappa shape index (κ2) is 6.41. The van der Waals surface area contributed by atoms with Gasteiger partial charge in [0.05, 0.1) is 0 Å². The van der Waals surface area contributed by atoms with E-state index in [1.165, 1.54) is 11.8 Å². The first kappa shape index (κ1) is 13.6. The number of pyridine rings is 1. The predicted octanol–water partition coefficient (Wildman–Crippen LogP) is 2.85. The van der Waals surface area contributed by atoms with Crippen molar-refractivity contribution in [1.29, 1.82) is 0 Å². The molecule has 21 heavy (non-hydrogen) atoms. The van der Waals surface area contributed by atoms with Crippen LogP contribution in [0.3, 0.4) is 0 Å². The third-order valence-corrected chi connectivity index (χ3v) is 3.85. The molecule has 0 aliphatic heterocycles. The fourth-order valence-electron chi connectivity index (χ4n) is 1.90. The first-order valence-electron chi connectivity index (χ1n) is 6.60. The van der Waals surface area contributed by atoms with Crippen LogP contribution in [-0.4, -0.2) is 26.3 Å². The highest BCUT2D eigenvalue weighted by Gasteiger charge is 2.07. The van der Waals surface area contributed by atoms with Crippen molar-refractivity contribution in [3.63, 3.8) is 0 Å². The lowest BCUT2D eigenvalue weighted by Crippen LogP contribution is -2.12. The molecular formula is C15H14N4OS. The SMILES string of the molecule is O=C(CCSc1nnc2ccccn12)Nc1ccccc1. The number of amides is 1. The molecule has 0 fully saturated rings. The van der Waals surface area contributed by atoms with Crippen molar-refractivity contribution in [2.45, 2.75) is 11.6 Å². The number of hydrogen-bond donors (Lipinski definition) is 1. The second-order valence-electron chi connectivity index (χ2n) is 4.42. The molecule has 2 heterocycles. The van der Waals surface area contributed by atoms with Gasteiger partial charge < -0.3 is 5.32 Å². The van der Waals surface area contributed by atoms with E-state index in [0.717, 1.165) is 16.5 Å². The number of benzene rings is 1. The van der Waals surface area contributed by atoms with E-state index in [0.29, 0.717) is 12.2 Å². The maximum atomic E-state index is 11.8. The van der Waals surface area contributed by atoms with Crippen LogP contribution in [0, 0.1) is 0 Å². The number of hydrogen-bond acceptors (Lipinski definition) is 4. The standard InChI is InChI=1S/C15H14N4OS/c20-14(16-12-6-2-1-3-7-12)9-11-21-15-18-17-13-8-4-5-10-19(13)15/h1-8,10H,9,11H2,(H,16,20). The lowest BCUT2D eigenvalue weighted by atomic mass is 10.3. The van der Waals surface area contributed by atoms with Gasteiger partial charge >= 0.3 is 0 Å². The fourth-order valence-corrected chi connectivity index (χ4v) is 2.76. The zero-order valence-corrected chi connectivity index (χ0v) is 12.1. The Morgan fingerprint density at radius 1 is 1.10 bits per heavy atom. The minimum atomic E-state index is 0.00233. The summed E-state index contributed by atoms with van der Waals surface area (Å²) in [5.41, 5.74) is 1.63. The van der Waals surface area contributed by atoms with E-state index in [1.807, 2.05) is 59.1 Å². The summed E-state index contributed by atoms with van der Waals surface area (Å²) in [6.07, 6.45) is 2.35. The number of carbonyl (C=O) groups is 1. The monoisotopic (exact) mass is 298 g/mol. The number of fused-ring (bicyclic) bond motifs is 1. The normalized spacial score (nSPS) is 10.7. The summed E-state index contributed by atoms with van der Waals surface area (Å²) in [6, 6.07) is 15.2. The maximum absolute atomic E-state index is 11.8. The molecule has 3 aromatic rings. The van der Waals surface area contributed by atoms with Gasteiger partial charge in [0, 0.05) is 24.1 Å². The van der Waals surface area contributed by atoms with Crippen LogP contribution in [0.25, 0.3) is 5.65 Å². The lowest BCUT2D eigenvalue weighted by molar-refractivity contribution is -0.115. The van der Waals surface area contributed by atoms with Crippen LogP contribution in [0.1, 0.15) is 6.42 Å². The van der Waals surface area contributed by atoms with Gasteiger partial charge in [-0.05, 0) is 24.3 Å². The molecular weight excluding hydrogens is 284 g/mol. The predicted molar refractivity (Wildman–Crippen MR) is 83.4 cm³/mol. The van der Waals surface area contributed by atoms with Crippen molar-refractivity contribution in [2.75, 3.05) is 11.1 Å². The topological polar surface area (TPSA) is 59.3 Å². The Kier molecular flexibility index (Phi) is 4.16. The number of para-hydroxylation sites is 1. The third-order valence-electron chi connectivity index (χ3n) is 2.90. The largest absolute Gasteiger partial charge is 0.326 e. The second-order valence-corrected chi connectivity index (χ2v) is 5.49. The number of nitrogens with one attached hydrogen (secondary N) is 1. The van der Waals surface area contributed by atoms with Crippen LogP contribution < -0.4 is 5.32 Å². The number of carbonyl (C=O) groups excluding carboxylic acids is 1. The van der Waals surface area contributed by atoms with Crippen LogP contribution in [0.4, 0.5) is 5.69 Å². The summed E-state index contributed by atoms with van der Waals surface area (Å²) in [4.78, 5) is 11.8. The van der Waals surface area contributed by atoms with Gasteiger partial charge in [0.1, 0.15) is 0 Å². The van der Waals surface area contributed by atoms with E-state index in [-0.39, 0.29) is 5.91 Å². The average molecular weight is 298 g/mol. The molecule has 0 saturated carbocycles. The van der Waals surface area contributed by atoms with E-state index in [2.05, 4.69) is 15.5 Å². The van der Waals surface area contributed by atoms with Crippen LogP contribution >= 0.6 is 11.8 Å². The summed E-state index contributed by atoms with van der Waals surface area (Å²) in [5.74, 6) is 0.663. The minimum absolute atomic E-state index is 0.00233. The van der Waals surface area contributed by atoms with E-state index < -0.39 is 0 Å². The molecule has 1 amide bonds. The molecule has 0 spiro atoms. The van der Waals surface area contributed by atoms with Crippen LogP contribution in [0.2, 0.25) is 0 Å². The van der Waals surface area contributed by atoms with Crippen LogP contribution in [-0.2, 0) is 4.79 Å². The first-order chi connectivity index (χ1) is 10.3. The molecule has 0 unspecified atom stereocenters. The Bertz CT molecular complexity index is 742. The number of aromatic nitrogens is 3. The van der Waals surface area contributed by atoms with Gasteiger partial charge in [-0.2, -0.15) is 0 Å². The molecule has 0 aliphatic carbocycles. The quantitative estimate of drug-likeness (QED) is 0.736. The highest BCUT2D eigenvalue weighted by molar-refractivity contribution is 7.99. The van der Waals surface area contributed by atoms with Gasteiger partial charge in [-0.1, -0.05) is 36.0 Å². The van der Waals surface area contributed by atoms with E-state index in [9.17, 15) is 4.79 Å². The highest BCUT2D eigenvalue weighted by Crippen LogP contribution is 2.17. The van der Waals surface area contributed by atoms with Gasteiger partial charge in [-0.25, -0.2) is 0 Å². The lowest BCUT2D eigenvalue weighted by Gasteiger charge is -2.04. The van der Waals surface area contributed by atoms with Crippen molar-refractivity contribution < 1.29 is 4.79 Å². The zero-order chi connectivity index (χ0) is 14.5. The molecule has 0 radical (unpaired) electrons. The number of rotatable bonds is 5. The molecule has 5 nitrogen and oxygen atoms in total. The first-order valence-corrected chi connectivity index (χ1v) is 7.59. The molecule has 3 rings (SSSR count). The van der Waals surface area contributed by atoms with Gasteiger partial charge in [0.25, 0.3) is 0 Å². The molecule has 2 aromatic heterocycles. The van der Waals surface area contributed by atoms with Crippen LogP contribution in [0.5, 0.6) is 0 Å². The van der Waals surface area contributed by atoms with Crippen molar-refractivity contribution in [3.05, 3.63) is 54.7 Å². The van der Waals surface area contributed by atoms with Crippen molar-refractivity contribution in [3.8, 4) is 0 Å². The Morgan fingerprint density at radius 2 is 1.90 bits per heavy atom. The van der Waals surface area contributed by atoms with Crippen LogP contribution in [0.15, 0.2) is 59.9 Å². The molecule has 6 heteroatoms. The summed E-state index contributed by atoms with van der Waals surface area (Å²) < 4.78 is 1.92. The van der Waals surface area contributed by atoms with Crippen molar-refractivity contribution >= 4 is 29.0 Å². The summed E-state index contributed by atoms with van der Waals surface area (Å²) in [5, 5.41) is 11.9. The minimum Gasteiger partial charge on any atom is -0.326 e. The van der Waals surface area contributed by atoms with Gasteiger partial charge in [-0.15, -0.1) is 10.2 Å². The van der Waals surface area contributed by atoms with Crippen molar-refractivity contribution in [1.82, 2.24) is 14.6 Å². The average Bonchev–Trinajstić information content (AvgIpc) is 2.92. The number of thioether (sulfide) groups is 1. The molecule has 1 aromatic carbocycles. The summed E-state index contributed by atoms with van der Waals surface area (Å²) in [6.45, 7) is 0. The molecule has 106 valence electrons. The summed E-state index contributed by atoms with van der Waals surface area (Å²) in [7, 11) is 0. The smallest absolute Gasteiger partial charge is 0.225 e. The zero-order valence-electron chi connectivity index (χ0n) is 11.3. The molecule has 0 atom stereocenters. The third kappa shape index (κ3) is 3.41. The molecule has 0 saturated heterocycles. The Hall–Kier alpha value is -2.34. The Balaban J connectivity index is 1.53. The van der Waals surface area contributed by atoms with E-state index in [4.69, 9.17) is 0 Å². The molecule has 0 bridgehead atoms. The van der Waals surface area contributed by atoms with Gasteiger partial charge in [-0.3, -0.25) is 9.20 Å². The molecule has 1 N–H and O–H groups in total.